The van der Waals surface area contributed by atoms with Crippen LogP contribution in [0.5, 0.6) is 0 Å². The molecule has 4 aromatic rings. The van der Waals surface area contributed by atoms with Gasteiger partial charge in [0, 0.05) is 22.3 Å². The van der Waals surface area contributed by atoms with E-state index in [0.29, 0.717) is 11.5 Å². The first kappa shape index (κ1) is 15.8. The third kappa shape index (κ3) is 2.98. The Hall–Kier alpha value is -3.73. The summed E-state index contributed by atoms with van der Waals surface area (Å²) in [6.07, 6.45) is 1.49. The van der Waals surface area contributed by atoms with Crippen molar-refractivity contribution in [3.8, 4) is 11.4 Å². The molecular formula is C21H18N5+. The smallest absolute Gasteiger partial charge is 0.169 e. The number of nitrogens with one attached hydrogen (secondary N) is 1. The van der Waals surface area contributed by atoms with Gasteiger partial charge in [0.25, 0.3) is 0 Å². The van der Waals surface area contributed by atoms with Gasteiger partial charge in [-0.05, 0) is 30.3 Å². The van der Waals surface area contributed by atoms with Gasteiger partial charge in [0.1, 0.15) is 5.82 Å². The second kappa shape index (κ2) is 6.64. The summed E-state index contributed by atoms with van der Waals surface area (Å²) in [5.74, 6) is 1.41. The van der Waals surface area contributed by atoms with Gasteiger partial charge in [-0.1, -0.05) is 42.5 Å². The molecule has 0 aliphatic heterocycles. The average molecular weight is 340 g/mol. The number of aromatic nitrogens is 2. The molecule has 0 spiro atoms. The first-order valence-corrected chi connectivity index (χ1v) is 8.28. The first-order chi connectivity index (χ1) is 12.7. The molecular weight excluding hydrogens is 322 g/mol. The van der Waals surface area contributed by atoms with E-state index in [9.17, 15) is 0 Å². The fourth-order valence-electron chi connectivity index (χ4n) is 2.82. The molecule has 0 radical (unpaired) electrons. The monoisotopic (exact) mass is 340 g/mol. The molecule has 0 amide bonds. The Bertz CT molecular complexity index is 1090. The van der Waals surface area contributed by atoms with Gasteiger partial charge in [0.2, 0.25) is 0 Å². The first-order valence-electron chi connectivity index (χ1n) is 8.28. The summed E-state index contributed by atoms with van der Waals surface area (Å²) in [7, 11) is 0. The molecule has 5 heteroatoms. The summed E-state index contributed by atoms with van der Waals surface area (Å²) in [5.41, 5.74) is 10.0. The summed E-state index contributed by atoms with van der Waals surface area (Å²) >= 11 is 0. The molecule has 3 aromatic carbocycles. The minimum atomic E-state index is 0.635. The predicted molar refractivity (Wildman–Crippen MR) is 106 cm³/mol. The lowest BCUT2D eigenvalue weighted by molar-refractivity contribution is -0.104. The second-order valence-electron chi connectivity index (χ2n) is 5.91. The Labute approximate surface area is 151 Å². The van der Waals surface area contributed by atoms with E-state index in [-0.39, 0.29) is 0 Å². The van der Waals surface area contributed by atoms with Gasteiger partial charge in [0.15, 0.2) is 12.0 Å². The molecule has 0 saturated carbocycles. The van der Waals surface area contributed by atoms with Gasteiger partial charge < -0.3 is 11.1 Å². The fraction of sp³-hybridized carbons (Fsp3) is 0. The molecule has 4 rings (SSSR count). The Morgan fingerprint density at radius 2 is 1.65 bits per heavy atom. The van der Waals surface area contributed by atoms with E-state index in [2.05, 4.69) is 5.32 Å². The number of para-hydroxylation sites is 1. The van der Waals surface area contributed by atoms with Crippen LogP contribution >= 0.6 is 0 Å². The van der Waals surface area contributed by atoms with Crippen molar-refractivity contribution in [1.82, 2.24) is 9.97 Å². The highest BCUT2D eigenvalue weighted by Crippen LogP contribution is 2.28. The largest absolute Gasteiger partial charge is 0.398 e. The summed E-state index contributed by atoms with van der Waals surface area (Å²) in [4.78, 5) is 9.45. The molecule has 0 aliphatic rings. The number of anilines is 3. The number of hydrogen-bond acceptors (Lipinski definition) is 4. The van der Waals surface area contributed by atoms with Crippen LogP contribution in [-0.2, 0) is 0 Å². The quantitative estimate of drug-likeness (QED) is 0.394. The topological polar surface area (TPSA) is 89.4 Å². The maximum Gasteiger partial charge on any atom is 0.169 e. The molecule has 5 nitrogen and oxygen atoms in total. The number of nitrogens with zero attached hydrogens (tertiary/aromatic N) is 2. The number of benzene rings is 3. The van der Waals surface area contributed by atoms with E-state index in [1.807, 2.05) is 72.8 Å². The van der Waals surface area contributed by atoms with Crippen LogP contribution in [0.3, 0.4) is 0 Å². The predicted octanol–water partition coefficient (Wildman–Crippen LogP) is 2.80. The Morgan fingerprint density at radius 3 is 2.46 bits per heavy atom. The summed E-state index contributed by atoms with van der Waals surface area (Å²) in [5, 5.41) is 9.97. The minimum absolute atomic E-state index is 0.635. The Morgan fingerprint density at radius 1 is 0.885 bits per heavy atom. The molecule has 0 saturated heterocycles. The van der Waals surface area contributed by atoms with E-state index in [0.717, 1.165) is 33.5 Å². The molecule has 0 unspecified atom stereocenters. The van der Waals surface area contributed by atoms with Crippen LogP contribution in [0.2, 0.25) is 0 Å². The van der Waals surface area contributed by atoms with Crippen LogP contribution in [0.4, 0.5) is 17.2 Å². The maximum atomic E-state index is 5.92. The molecule has 0 atom stereocenters. The number of fused-ring (bicyclic) bond motifs is 1. The van der Waals surface area contributed by atoms with Crippen molar-refractivity contribution in [3.05, 3.63) is 78.4 Å². The van der Waals surface area contributed by atoms with Crippen LogP contribution in [0.1, 0.15) is 5.56 Å². The molecule has 0 fully saturated rings. The van der Waals surface area contributed by atoms with E-state index < -0.39 is 0 Å². The zero-order valence-corrected chi connectivity index (χ0v) is 14.1. The van der Waals surface area contributed by atoms with Crippen molar-refractivity contribution in [1.29, 1.82) is 0 Å². The third-order valence-electron chi connectivity index (χ3n) is 4.16. The van der Waals surface area contributed by atoms with E-state index in [4.69, 9.17) is 21.1 Å². The number of nitrogens with two attached hydrogens (primary N) is 2. The van der Waals surface area contributed by atoms with Crippen molar-refractivity contribution in [2.45, 2.75) is 0 Å². The fourth-order valence-corrected chi connectivity index (χ4v) is 2.82. The lowest BCUT2D eigenvalue weighted by Crippen LogP contribution is -2.30. The van der Waals surface area contributed by atoms with Crippen LogP contribution in [0, 0.1) is 0 Å². The van der Waals surface area contributed by atoms with Gasteiger partial charge in [-0.15, -0.1) is 0 Å². The van der Waals surface area contributed by atoms with Gasteiger partial charge in [-0.2, -0.15) is 0 Å². The Balaban J connectivity index is 1.84. The summed E-state index contributed by atoms with van der Waals surface area (Å²) in [6.45, 7) is 0. The lowest BCUT2D eigenvalue weighted by Gasteiger charge is -2.12. The second-order valence-corrected chi connectivity index (χ2v) is 5.91. The van der Waals surface area contributed by atoms with Crippen LogP contribution in [0.15, 0.2) is 72.8 Å². The van der Waals surface area contributed by atoms with Crippen molar-refractivity contribution in [2.24, 2.45) is 0 Å². The molecule has 1 aromatic heterocycles. The van der Waals surface area contributed by atoms with Crippen LogP contribution < -0.4 is 16.5 Å². The lowest BCUT2D eigenvalue weighted by atomic mass is 10.1. The molecule has 0 aliphatic carbocycles. The Kier molecular flexibility index (Phi) is 4.03. The van der Waals surface area contributed by atoms with Crippen molar-refractivity contribution < 1.29 is 5.41 Å². The molecule has 5 N–H and O–H groups in total. The summed E-state index contributed by atoms with van der Waals surface area (Å²) < 4.78 is 0. The zero-order chi connectivity index (χ0) is 17.9. The van der Waals surface area contributed by atoms with Gasteiger partial charge in [0.05, 0.1) is 11.1 Å². The highest BCUT2D eigenvalue weighted by molar-refractivity contribution is 5.93. The van der Waals surface area contributed by atoms with E-state index in [1.165, 1.54) is 6.21 Å². The van der Waals surface area contributed by atoms with E-state index >= 15 is 0 Å². The SMILES string of the molecule is Nc1ccc(Nc2nc(-c3ccccc3)nc3ccccc23)cc1C=[NH2+]. The van der Waals surface area contributed by atoms with Gasteiger partial charge in [-0.25, -0.2) is 9.97 Å². The van der Waals surface area contributed by atoms with Crippen molar-refractivity contribution >= 4 is 34.3 Å². The normalized spacial score (nSPS) is 10.6. The molecule has 0 bridgehead atoms. The van der Waals surface area contributed by atoms with E-state index in [1.54, 1.807) is 0 Å². The zero-order valence-electron chi connectivity index (χ0n) is 14.1. The molecule has 26 heavy (non-hydrogen) atoms. The van der Waals surface area contributed by atoms with Crippen molar-refractivity contribution in [2.75, 3.05) is 11.1 Å². The van der Waals surface area contributed by atoms with Crippen LogP contribution in [0.25, 0.3) is 22.3 Å². The average Bonchev–Trinajstić information content (AvgIpc) is 2.70. The number of hydrogen-bond donors (Lipinski definition) is 3. The van der Waals surface area contributed by atoms with Gasteiger partial charge in [-0.3, -0.25) is 5.41 Å². The highest BCUT2D eigenvalue weighted by Gasteiger charge is 2.10. The summed E-state index contributed by atoms with van der Waals surface area (Å²) in [6, 6.07) is 23.5. The molecule has 1 heterocycles. The highest BCUT2D eigenvalue weighted by atomic mass is 15.0. The van der Waals surface area contributed by atoms with Gasteiger partial charge >= 0.3 is 0 Å². The number of nitrogen functional groups attached to an aromatic ring is 1. The number of rotatable bonds is 4. The minimum Gasteiger partial charge on any atom is -0.398 e. The van der Waals surface area contributed by atoms with Crippen molar-refractivity contribution in [3.63, 3.8) is 0 Å². The van der Waals surface area contributed by atoms with Crippen LogP contribution in [-0.4, -0.2) is 16.2 Å². The third-order valence-corrected chi connectivity index (χ3v) is 4.16. The maximum absolute atomic E-state index is 5.92. The standard InChI is InChI=1S/C21H17N5/c22-13-15-12-16(10-11-18(15)23)24-21-17-8-4-5-9-19(17)25-20(26-21)14-6-2-1-3-7-14/h1-13,22H,23H2,(H,24,25,26)/p+1. The molecule has 126 valence electrons.